The van der Waals surface area contributed by atoms with Crippen LogP contribution in [0.2, 0.25) is 0 Å². The number of nitrogens with zero attached hydrogens (tertiary/aromatic N) is 2. The first kappa shape index (κ1) is 25.4. The summed E-state index contributed by atoms with van der Waals surface area (Å²) < 4.78 is 0.946. The molecule has 1 aliphatic rings. The van der Waals surface area contributed by atoms with Crippen LogP contribution < -0.4 is 0 Å². The van der Waals surface area contributed by atoms with Crippen LogP contribution in [0, 0.1) is 11.3 Å². The van der Waals surface area contributed by atoms with E-state index in [4.69, 9.17) is 21.6 Å². The molecule has 5 rings (SSSR count). The van der Waals surface area contributed by atoms with Gasteiger partial charge >= 0.3 is 0 Å². The number of benzene rings is 3. The van der Waals surface area contributed by atoms with E-state index in [1.807, 2.05) is 30.5 Å². The number of hydrogen-bond donors (Lipinski definition) is 0. The molecular formula is C32H32ClIN2. The van der Waals surface area contributed by atoms with Gasteiger partial charge in [0.2, 0.25) is 0 Å². The number of halogens is 2. The van der Waals surface area contributed by atoms with E-state index in [1.165, 1.54) is 5.56 Å². The topological polar surface area (TPSA) is 25.8 Å². The third kappa shape index (κ3) is 4.18. The van der Waals surface area contributed by atoms with E-state index in [9.17, 15) is 0 Å². The lowest BCUT2D eigenvalue weighted by atomic mass is 9.82. The molecule has 0 bridgehead atoms. The van der Waals surface area contributed by atoms with Crippen LogP contribution in [0.15, 0.2) is 91.1 Å². The van der Waals surface area contributed by atoms with Gasteiger partial charge in [-0.25, -0.2) is 4.98 Å². The van der Waals surface area contributed by atoms with Crippen molar-refractivity contribution in [2.45, 2.75) is 44.4 Å². The maximum Gasteiger partial charge on any atom is 0.0972 e. The average molecular weight is 607 g/mol. The zero-order valence-corrected chi connectivity index (χ0v) is 24.0. The Morgan fingerprint density at radius 3 is 2.11 bits per heavy atom. The maximum atomic E-state index is 7.00. The largest absolute Gasteiger partial charge is 0.252 e. The van der Waals surface area contributed by atoms with E-state index in [1.54, 1.807) is 0 Å². The highest BCUT2D eigenvalue weighted by Crippen LogP contribution is 2.74. The minimum Gasteiger partial charge on any atom is -0.252 e. The van der Waals surface area contributed by atoms with Crippen LogP contribution in [0.1, 0.15) is 39.2 Å². The fourth-order valence-corrected chi connectivity index (χ4v) is 7.49. The molecule has 3 aromatic carbocycles. The second kappa shape index (κ2) is 10.3. The van der Waals surface area contributed by atoms with Crippen molar-refractivity contribution in [1.29, 1.82) is 0 Å². The Hall–Kier alpha value is -2.24. The minimum atomic E-state index is -0.0229. The molecule has 0 saturated heterocycles. The lowest BCUT2D eigenvalue weighted by Crippen LogP contribution is -2.15. The molecule has 4 atom stereocenters. The molecule has 4 heteroatoms. The van der Waals surface area contributed by atoms with Gasteiger partial charge < -0.3 is 0 Å². The molecular weight excluding hydrogens is 575 g/mol. The number of aromatic nitrogens is 2. The van der Waals surface area contributed by atoms with E-state index in [-0.39, 0.29) is 16.2 Å². The minimum absolute atomic E-state index is 0.0229. The van der Waals surface area contributed by atoms with E-state index in [0.717, 1.165) is 51.0 Å². The van der Waals surface area contributed by atoms with Gasteiger partial charge in [0.1, 0.15) is 0 Å². The van der Waals surface area contributed by atoms with E-state index in [0.29, 0.717) is 5.92 Å². The van der Waals surface area contributed by atoms with E-state index >= 15 is 0 Å². The normalized spacial score (nSPS) is 23.9. The van der Waals surface area contributed by atoms with Crippen molar-refractivity contribution in [3.05, 3.63) is 96.7 Å². The standard InChI is InChI=1S/C32H32ClIN2/c1-4-19-31(2)30(26(33)20-34)32(31,3)25-18-12-11-17-24(25)29-28(23-15-9-6-10-16-23)36-27(21-35-29)22-13-7-5-8-14-22/h5-18,21,26,30H,4,19-20H2,1-3H3/t26-,30?,31-,32?/m1/s1. The van der Waals surface area contributed by atoms with Crippen LogP contribution >= 0.6 is 34.2 Å². The van der Waals surface area contributed by atoms with Crippen molar-refractivity contribution < 1.29 is 0 Å². The predicted molar refractivity (Wildman–Crippen MR) is 161 cm³/mol. The van der Waals surface area contributed by atoms with Gasteiger partial charge in [-0.3, -0.25) is 4.98 Å². The van der Waals surface area contributed by atoms with Crippen molar-refractivity contribution in [2.24, 2.45) is 11.3 Å². The first-order valence-corrected chi connectivity index (χ1v) is 14.7. The summed E-state index contributed by atoms with van der Waals surface area (Å²) in [5, 5.41) is 0.139. The van der Waals surface area contributed by atoms with Crippen molar-refractivity contribution in [1.82, 2.24) is 9.97 Å². The first-order valence-electron chi connectivity index (χ1n) is 12.7. The summed E-state index contributed by atoms with van der Waals surface area (Å²) in [6.07, 6.45) is 4.23. The zero-order valence-electron chi connectivity index (χ0n) is 21.1. The summed E-state index contributed by atoms with van der Waals surface area (Å²) in [6, 6.07) is 29.5. The Labute approximate surface area is 233 Å². The second-order valence-corrected chi connectivity index (χ2v) is 11.7. The van der Waals surface area contributed by atoms with Gasteiger partial charge in [0, 0.05) is 31.9 Å². The Morgan fingerprint density at radius 1 is 0.861 bits per heavy atom. The highest BCUT2D eigenvalue weighted by Gasteiger charge is 2.72. The molecule has 1 fully saturated rings. The molecule has 0 amide bonds. The van der Waals surface area contributed by atoms with Crippen LogP contribution in [0.5, 0.6) is 0 Å². The fraction of sp³-hybridized carbons (Fsp3) is 0.312. The van der Waals surface area contributed by atoms with Gasteiger partial charge in [-0.05, 0) is 23.3 Å². The third-order valence-corrected chi connectivity index (χ3v) is 10.2. The smallest absolute Gasteiger partial charge is 0.0972 e. The number of rotatable bonds is 8. The van der Waals surface area contributed by atoms with Crippen LogP contribution in [0.25, 0.3) is 33.8 Å². The first-order chi connectivity index (χ1) is 17.5. The Balaban J connectivity index is 1.70. The molecule has 36 heavy (non-hydrogen) atoms. The second-order valence-electron chi connectivity index (χ2n) is 10.2. The van der Waals surface area contributed by atoms with Crippen LogP contribution in [-0.2, 0) is 5.41 Å². The molecule has 0 spiro atoms. The Bertz CT molecular complexity index is 1340. The molecule has 184 valence electrons. The SMILES string of the molecule is CCC[C@]1(C)C([C@H](Cl)CI)C1(C)c1ccccc1-c1ncc(-c2ccccc2)nc1-c1ccccc1. The predicted octanol–water partition coefficient (Wildman–Crippen LogP) is 9.21. The lowest BCUT2D eigenvalue weighted by Gasteiger charge is -2.23. The molecule has 1 aliphatic carbocycles. The summed E-state index contributed by atoms with van der Waals surface area (Å²) in [7, 11) is 0. The molecule has 2 unspecified atom stereocenters. The summed E-state index contributed by atoms with van der Waals surface area (Å²) >= 11 is 9.43. The molecule has 2 nitrogen and oxygen atoms in total. The molecule has 1 aromatic heterocycles. The summed E-state index contributed by atoms with van der Waals surface area (Å²) in [6.45, 7) is 7.13. The highest BCUT2D eigenvalue weighted by molar-refractivity contribution is 14.1. The molecule has 0 radical (unpaired) electrons. The van der Waals surface area contributed by atoms with Gasteiger partial charge in [-0.1, -0.05) is 135 Å². The van der Waals surface area contributed by atoms with Crippen molar-refractivity contribution in [3.63, 3.8) is 0 Å². The third-order valence-electron chi connectivity index (χ3n) is 8.32. The number of alkyl halides is 2. The lowest BCUT2D eigenvalue weighted by molar-refractivity contribution is 0.419. The van der Waals surface area contributed by atoms with Crippen molar-refractivity contribution in [2.75, 3.05) is 4.43 Å². The van der Waals surface area contributed by atoms with Crippen molar-refractivity contribution in [3.8, 4) is 33.8 Å². The molecule has 1 saturated carbocycles. The van der Waals surface area contributed by atoms with Gasteiger partial charge in [-0.15, -0.1) is 11.6 Å². The molecule has 0 aliphatic heterocycles. The Kier molecular flexibility index (Phi) is 7.24. The quantitative estimate of drug-likeness (QED) is 0.148. The highest BCUT2D eigenvalue weighted by atomic mass is 127. The maximum absolute atomic E-state index is 7.00. The Morgan fingerprint density at radius 2 is 1.47 bits per heavy atom. The van der Waals surface area contributed by atoms with Crippen LogP contribution in [-0.4, -0.2) is 19.8 Å². The van der Waals surface area contributed by atoms with E-state index in [2.05, 4.69) is 104 Å². The van der Waals surface area contributed by atoms with Gasteiger partial charge in [-0.2, -0.15) is 0 Å². The van der Waals surface area contributed by atoms with Gasteiger partial charge in [0.05, 0.1) is 23.3 Å². The summed E-state index contributed by atoms with van der Waals surface area (Å²) in [4.78, 5) is 10.3. The van der Waals surface area contributed by atoms with Gasteiger partial charge in [0.25, 0.3) is 0 Å². The summed E-state index contributed by atoms with van der Waals surface area (Å²) in [5.74, 6) is 0.418. The molecule has 0 N–H and O–H groups in total. The monoisotopic (exact) mass is 606 g/mol. The number of hydrogen-bond acceptors (Lipinski definition) is 2. The van der Waals surface area contributed by atoms with Crippen molar-refractivity contribution >= 4 is 34.2 Å². The zero-order chi connectivity index (χ0) is 25.3. The van der Waals surface area contributed by atoms with E-state index < -0.39 is 0 Å². The van der Waals surface area contributed by atoms with Crippen LogP contribution in [0.3, 0.4) is 0 Å². The fourth-order valence-electron chi connectivity index (χ4n) is 6.45. The average Bonchev–Trinajstić information content (AvgIpc) is 3.43. The van der Waals surface area contributed by atoms with Crippen LogP contribution in [0.4, 0.5) is 0 Å². The van der Waals surface area contributed by atoms with Gasteiger partial charge in [0.15, 0.2) is 0 Å². The molecule has 1 heterocycles. The summed E-state index contributed by atoms with van der Waals surface area (Å²) in [5.41, 5.74) is 7.50. The molecule has 4 aromatic rings.